The molecule has 0 bridgehead atoms. The predicted octanol–water partition coefficient (Wildman–Crippen LogP) is 2.50. The quantitative estimate of drug-likeness (QED) is 0.746. The van der Waals surface area contributed by atoms with E-state index >= 15 is 0 Å². The Morgan fingerprint density at radius 2 is 1.92 bits per heavy atom. The molecule has 140 valence electrons. The molecule has 0 aliphatic carbocycles. The number of morpholine rings is 1. The Kier molecular flexibility index (Phi) is 8.38. The van der Waals surface area contributed by atoms with Crippen LogP contribution in [0.25, 0.3) is 0 Å². The number of nitrogens with two attached hydrogens (primary N) is 1. The molecule has 5 nitrogen and oxygen atoms in total. The number of rotatable bonds is 9. The molecule has 1 aliphatic heterocycles. The first-order valence-electron chi connectivity index (χ1n) is 9.60. The maximum atomic E-state index is 12.7. The van der Waals surface area contributed by atoms with Crippen molar-refractivity contribution in [2.45, 2.75) is 45.8 Å². The van der Waals surface area contributed by atoms with Crippen LogP contribution in [0.1, 0.15) is 49.0 Å². The highest BCUT2D eigenvalue weighted by Gasteiger charge is 2.24. The summed E-state index contributed by atoms with van der Waals surface area (Å²) >= 11 is 0. The summed E-state index contributed by atoms with van der Waals surface area (Å²) in [7, 11) is 0. The SMILES string of the molecule is CCCN(CCC)Cc1ccc(C(=O)N2CCO[C@H](CCN)C2)cc1. The average molecular weight is 348 g/mol. The zero-order chi connectivity index (χ0) is 18.1. The third kappa shape index (κ3) is 6.10. The smallest absolute Gasteiger partial charge is 0.254 e. The Labute approximate surface area is 152 Å². The maximum Gasteiger partial charge on any atom is 0.254 e. The van der Waals surface area contributed by atoms with Gasteiger partial charge in [0, 0.05) is 25.2 Å². The molecule has 1 aromatic rings. The summed E-state index contributed by atoms with van der Waals surface area (Å²) in [5.74, 6) is 0.0934. The first-order valence-corrected chi connectivity index (χ1v) is 9.60. The Morgan fingerprint density at radius 3 is 2.52 bits per heavy atom. The molecule has 25 heavy (non-hydrogen) atoms. The van der Waals surface area contributed by atoms with E-state index < -0.39 is 0 Å². The van der Waals surface area contributed by atoms with Gasteiger partial charge in [0.15, 0.2) is 0 Å². The first-order chi connectivity index (χ1) is 12.2. The fourth-order valence-corrected chi connectivity index (χ4v) is 3.36. The van der Waals surface area contributed by atoms with Crippen LogP contribution in [0.2, 0.25) is 0 Å². The monoisotopic (exact) mass is 347 g/mol. The second kappa shape index (κ2) is 10.5. The first kappa shape index (κ1) is 19.9. The molecule has 1 amide bonds. The van der Waals surface area contributed by atoms with Gasteiger partial charge >= 0.3 is 0 Å². The normalized spacial score (nSPS) is 17.9. The van der Waals surface area contributed by atoms with Crippen molar-refractivity contribution >= 4 is 5.91 Å². The second-order valence-corrected chi connectivity index (χ2v) is 6.79. The van der Waals surface area contributed by atoms with Gasteiger partial charge < -0.3 is 15.4 Å². The van der Waals surface area contributed by atoms with Crippen LogP contribution in [0.15, 0.2) is 24.3 Å². The van der Waals surface area contributed by atoms with Crippen LogP contribution in [-0.4, -0.2) is 61.1 Å². The molecule has 0 aromatic heterocycles. The molecule has 1 fully saturated rings. The van der Waals surface area contributed by atoms with E-state index in [2.05, 4.69) is 30.9 Å². The minimum absolute atomic E-state index is 0.0682. The third-order valence-corrected chi connectivity index (χ3v) is 4.60. The fraction of sp³-hybridized carbons (Fsp3) is 0.650. The van der Waals surface area contributed by atoms with E-state index in [1.54, 1.807) is 0 Å². The molecule has 1 heterocycles. The van der Waals surface area contributed by atoms with Crippen LogP contribution >= 0.6 is 0 Å². The van der Waals surface area contributed by atoms with Crippen LogP contribution in [-0.2, 0) is 11.3 Å². The van der Waals surface area contributed by atoms with Crippen molar-refractivity contribution in [3.8, 4) is 0 Å². The van der Waals surface area contributed by atoms with Gasteiger partial charge in [-0.3, -0.25) is 9.69 Å². The molecule has 5 heteroatoms. The molecular weight excluding hydrogens is 314 g/mol. The standard InChI is InChI=1S/C20H33N3O2/c1-3-11-22(12-4-2)15-17-5-7-18(8-6-17)20(24)23-13-14-25-19(16-23)9-10-21/h5-8,19H,3-4,9-16,21H2,1-2H3/t19-/m1/s1. The Balaban J connectivity index is 1.95. The summed E-state index contributed by atoms with van der Waals surface area (Å²) in [6.07, 6.45) is 3.20. The lowest BCUT2D eigenvalue weighted by Gasteiger charge is -2.33. The average Bonchev–Trinajstić information content (AvgIpc) is 2.63. The Morgan fingerprint density at radius 1 is 1.24 bits per heavy atom. The Bertz CT molecular complexity index is 510. The van der Waals surface area contributed by atoms with Crippen LogP contribution < -0.4 is 5.73 Å². The molecule has 1 aromatic carbocycles. The van der Waals surface area contributed by atoms with Crippen LogP contribution in [0.5, 0.6) is 0 Å². The van der Waals surface area contributed by atoms with Crippen molar-refractivity contribution in [2.24, 2.45) is 5.73 Å². The number of ether oxygens (including phenoxy) is 1. The zero-order valence-electron chi connectivity index (χ0n) is 15.7. The van der Waals surface area contributed by atoms with E-state index in [-0.39, 0.29) is 12.0 Å². The summed E-state index contributed by atoms with van der Waals surface area (Å²) in [5.41, 5.74) is 7.63. The van der Waals surface area contributed by atoms with Crippen molar-refractivity contribution in [2.75, 3.05) is 39.3 Å². The van der Waals surface area contributed by atoms with Gasteiger partial charge in [-0.1, -0.05) is 26.0 Å². The molecule has 0 spiro atoms. The highest BCUT2D eigenvalue weighted by molar-refractivity contribution is 5.94. The van der Waals surface area contributed by atoms with Crippen molar-refractivity contribution in [1.29, 1.82) is 0 Å². The third-order valence-electron chi connectivity index (χ3n) is 4.60. The second-order valence-electron chi connectivity index (χ2n) is 6.79. The van der Waals surface area contributed by atoms with Gasteiger partial charge in [0.2, 0.25) is 0 Å². The van der Waals surface area contributed by atoms with E-state index in [0.717, 1.165) is 44.5 Å². The van der Waals surface area contributed by atoms with Crippen molar-refractivity contribution < 1.29 is 9.53 Å². The van der Waals surface area contributed by atoms with Crippen LogP contribution in [0.4, 0.5) is 0 Å². The molecule has 0 saturated carbocycles. The van der Waals surface area contributed by atoms with Gasteiger partial charge in [0.05, 0.1) is 12.7 Å². The zero-order valence-corrected chi connectivity index (χ0v) is 15.7. The number of hydrogen-bond acceptors (Lipinski definition) is 4. The van der Waals surface area contributed by atoms with Gasteiger partial charge in [-0.2, -0.15) is 0 Å². The topological polar surface area (TPSA) is 58.8 Å². The summed E-state index contributed by atoms with van der Waals surface area (Å²) in [6, 6.07) is 8.09. The van der Waals surface area contributed by atoms with Gasteiger partial charge in [0.25, 0.3) is 5.91 Å². The molecule has 2 rings (SSSR count). The largest absolute Gasteiger partial charge is 0.374 e. The lowest BCUT2D eigenvalue weighted by atomic mass is 10.1. The Hall–Kier alpha value is -1.43. The number of amides is 1. The van der Waals surface area contributed by atoms with E-state index in [4.69, 9.17) is 10.5 Å². The molecule has 0 radical (unpaired) electrons. The summed E-state index contributed by atoms with van der Waals surface area (Å²) < 4.78 is 5.66. The molecule has 1 atom stereocenters. The summed E-state index contributed by atoms with van der Waals surface area (Å²) in [6.45, 7) is 10.1. The maximum absolute atomic E-state index is 12.7. The minimum Gasteiger partial charge on any atom is -0.374 e. The van der Waals surface area contributed by atoms with Crippen LogP contribution in [0.3, 0.4) is 0 Å². The summed E-state index contributed by atoms with van der Waals surface area (Å²) in [5, 5.41) is 0. The number of hydrogen-bond donors (Lipinski definition) is 1. The minimum atomic E-state index is 0.0682. The van der Waals surface area contributed by atoms with E-state index in [1.165, 1.54) is 5.56 Å². The molecular formula is C20H33N3O2. The van der Waals surface area contributed by atoms with Gasteiger partial charge in [0.1, 0.15) is 0 Å². The van der Waals surface area contributed by atoms with Gasteiger partial charge in [-0.15, -0.1) is 0 Å². The van der Waals surface area contributed by atoms with Gasteiger partial charge in [-0.05, 0) is 56.6 Å². The molecule has 1 aliphatic rings. The molecule has 0 unspecified atom stereocenters. The van der Waals surface area contributed by atoms with Crippen LogP contribution in [0, 0.1) is 0 Å². The van der Waals surface area contributed by atoms with E-state index in [1.807, 2.05) is 17.0 Å². The number of carbonyl (C=O) groups excluding carboxylic acids is 1. The summed E-state index contributed by atoms with van der Waals surface area (Å²) in [4.78, 5) is 17.1. The van der Waals surface area contributed by atoms with E-state index in [9.17, 15) is 4.79 Å². The van der Waals surface area contributed by atoms with Crippen molar-refractivity contribution in [1.82, 2.24) is 9.80 Å². The van der Waals surface area contributed by atoms with Gasteiger partial charge in [-0.25, -0.2) is 0 Å². The molecule has 2 N–H and O–H groups in total. The number of carbonyl (C=O) groups is 1. The predicted molar refractivity (Wildman–Crippen MR) is 102 cm³/mol. The number of nitrogens with zero attached hydrogens (tertiary/aromatic N) is 2. The van der Waals surface area contributed by atoms with Crippen molar-refractivity contribution in [3.05, 3.63) is 35.4 Å². The number of benzene rings is 1. The fourth-order valence-electron chi connectivity index (χ4n) is 3.36. The lowest BCUT2D eigenvalue weighted by molar-refractivity contribution is -0.0236. The molecule has 1 saturated heterocycles. The highest BCUT2D eigenvalue weighted by atomic mass is 16.5. The lowest BCUT2D eigenvalue weighted by Crippen LogP contribution is -2.46. The van der Waals surface area contributed by atoms with Crippen molar-refractivity contribution in [3.63, 3.8) is 0 Å². The highest BCUT2D eigenvalue weighted by Crippen LogP contribution is 2.14. The van der Waals surface area contributed by atoms with E-state index in [0.29, 0.717) is 26.2 Å².